The van der Waals surface area contributed by atoms with Gasteiger partial charge in [0.05, 0.1) is 5.69 Å². The fraction of sp³-hybridized carbons (Fsp3) is 0.333. The van der Waals surface area contributed by atoms with Gasteiger partial charge in [0.1, 0.15) is 5.82 Å². The van der Waals surface area contributed by atoms with Gasteiger partial charge in [-0.25, -0.2) is 4.39 Å². The zero-order chi connectivity index (χ0) is 12.3. The molecule has 0 radical (unpaired) electrons. The quantitative estimate of drug-likeness (QED) is 0.784. The predicted molar refractivity (Wildman–Crippen MR) is 64.6 cm³/mol. The molecular weight excluding hydrogens is 241 g/mol. The number of alkyl halides is 1. The molecule has 0 N–H and O–H groups in total. The summed E-state index contributed by atoms with van der Waals surface area (Å²) in [5, 5.41) is 7.84. The summed E-state index contributed by atoms with van der Waals surface area (Å²) in [5.41, 5.74) is 1.45. The topological polar surface area (TPSA) is 30.7 Å². The van der Waals surface area contributed by atoms with Gasteiger partial charge < -0.3 is 0 Å². The van der Waals surface area contributed by atoms with E-state index in [0.29, 0.717) is 17.9 Å². The molecular formula is C12H13ClFN3. The van der Waals surface area contributed by atoms with Crippen LogP contribution in [0.15, 0.2) is 30.5 Å². The molecule has 0 aliphatic carbocycles. The first-order chi connectivity index (χ1) is 8.20. The van der Waals surface area contributed by atoms with Crippen molar-refractivity contribution in [1.29, 1.82) is 0 Å². The van der Waals surface area contributed by atoms with Crippen molar-refractivity contribution in [2.24, 2.45) is 7.05 Å². The number of halogens is 2. The van der Waals surface area contributed by atoms with E-state index in [9.17, 15) is 4.39 Å². The first kappa shape index (κ1) is 12.0. The molecule has 2 rings (SSSR count). The maximum absolute atomic E-state index is 13.6. The van der Waals surface area contributed by atoms with Crippen molar-refractivity contribution in [3.63, 3.8) is 0 Å². The largest absolute Gasteiger partial charge is 0.255 e. The fourth-order valence-corrected chi connectivity index (χ4v) is 2.07. The zero-order valence-electron chi connectivity index (χ0n) is 9.48. The highest BCUT2D eigenvalue weighted by atomic mass is 35.5. The van der Waals surface area contributed by atoms with Gasteiger partial charge in [0.15, 0.2) is 0 Å². The van der Waals surface area contributed by atoms with E-state index in [4.69, 9.17) is 11.6 Å². The Morgan fingerprint density at radius 3 is 2.76 bits per heavy atom. The predicted octanol–water partition coefficient (Wildman–Crippen LogP) is 2.52. The van der Waals surface area contributed by atoms with Crippen LogP contribution in [0.5, 0.6) is 0 Å². The van der Waals surface area contributed by atoms with E-state index in [1.165, 1.54) is 6.07 Å². The number of aromatic nitrogens is 3. The second kappa shape index (κ2) is 5.27. The van der Waals surface area contributed by atoms with Gasteiger partial charge in [0, 0.05) is 31.5 Å². The summed E-state index contributed by atoms with van der Waals surface area (Å²) in [6.07, 6.45) is 2.42. The number of hydrogen-bond donors (Lipinski definition) is 0. The summed E-state index contributed by atoms with van der Waals surface area (Å²) in [4.78, 5) is 0. The highest BCUT2D eigenvalue weighted by molar-refractivity contribution is 6.18. The summed E-state index contributed by atoms with van der Waals surface area (Å²) in [7, 11) is 1.80. The third kappa shape index (κ3) is 2.82. The molecule has 0 aliphatic heterocycles. The molecule has 0 amide bonds. The summed E-state index contributed by atoms with van der Waals surface area (Å²) >= 11 is 5.91. The van der Waals surface area contributed by atoms with Gasteiger partial charge in [-0.2, -0.15) is 0 Å². The molecule has 3 nitrogen and oxygen atoms in total. The molecule has 1 heterocycles. The fourth-order valence-electron chi connectivity index (χ4n) is 1.80. The summed E-state index contributed by atoms with van der Waals surface area (Å²) in [5.74, 6) is 0.0638. The van der Waals surface area contributed by atoms with E-state index >= 15 is 0 Å². The van der Waals surface area contributed by atoms with Crippen LogP contribution in [0, 0.1) is 5.82 Å². The molecule has 90 valence electrons. The van der Waals surface area contributed by atoms with Crippen molar-refractivity contribution in [3.8, 4) is 0 Å². The van der Waals surface area contributed by atoms with Crippen molar-refractivity contribution in [3.05, 3.63) is 47.5 Å². The molecule has 0 saturated heterocycles. The number of aryl methyl sites for hydroxylation is 1. The third-order valence-electron chi connectivity index (χ3n) is 2.64. The van der Waals surface area contributed by atoms with Gasteiger partial charge in [-0.1, -0.05) is 23.4 Å². The molecule has 0 spiro atoms. The molecule has 5 heteroatoms. The van der Waals surface area contributed by atoms with Gasteiger partial charge in [-0.15, -0.1) is 16.7 Å². The SMILES string of the molecule is Cn1cc(CC(CCl)c2ccccc2F)nn1. The average Bonchev–Trinajstić information content (AvgIpc) is 2.73. The van der Waals surface area contributed by atoms with E-state index in [-0.39, 0.29) is 11.7 Å². The lowest BCUT2D eigenvalue weighted by molar-refractivity contribution is 0.587. The second-order valence-corrected chi connectivity index (χ2v) is 4.27. The molecule has 1 aromatic heterocycles. The van der Waals surface area contributed by atoms with Crippen LogP contribution < -0.4 is 0 Å². The summed E-state index contributed by atoms with van der Waals surface area (Å²) in [6.45, 7) is 0. The van der Waals surface area contributed by atoms with Gasteiger partial charge in [0.2, 0.25) is 0 Å². The molecule has 2 aromatic rings. The van der Waals surface area contributed by atoms with Crippen LogP contribution >= 0.6 is 11.6 Å². The number of rotatable bonds is 4. The lowest BCUT2D eigenvalue weighted by Gasteiger charge is -2.13. The first-order valence-corrected chi connectivity index (χ1v) is 5.89. The number of nitrogens with zero attached hydrogens (tertiary/aromatic N) is 3. The van der Waals surface area contributed by atoms with Crippen LogP contribution in [0.25, 0.3) is 0 Å². The normalized spacial score (nSPS) is 12.6. The molecule has 1 unspecified atom stereocenters. The highest BCUT2D eigenvalue weighted by Gasteiger charge is 2.16. The monoisotopic (exact) mass is 253 g/mol. The van der Waals surface area contributed by atoms with E-state index in [1.807, 2.05) is 12.3 Å². The van der Waals surface area contributed by atoms with Crippen LogP contribution in [0.2, 0.25) is 0 Å². The van der Waals surface area contributed by atoms with Gasteiger partial charge in [0.25, 0.3) is 0 Å². The van der Waals surface area contributed by atoms with E-state index < -0.39 is 0 Å². The van der Waals surface area contributed by atoms with Gasteiger partial charge >= 0.3 is 0 Å². The van der Waals surface area contributed by atoms with Crippen LogP contribution in [-0.4, -0.2) is 20.9 Å². The minimum atomic E-state index is -0.220. The number of benzene rings is 1. The Balaban J connectivity index is 2.20. The Hall–Kier alpha value is -1.42. The zero-order valence-corrected chi connectivity index (χ0v) is 10.2. The minimum Gasteiger partial charge on any atom is -0.255 e. The maximum Gasteiger partial charge on any atom is 0.126 e. The van der Waals surface area contributed by atoms with E-state index in [0.717, 1.165) is 5.69 Å². The smallest absolute Gasteiger partial charge is 0.126 e. The molecule has 17 heavy (non-hydrogen) atoms. The van der Waals surface area contributed by atoms with Crippen LogP contribution in [-0.2, 0) is 13.5 Å². The lowest BCUT2D eigenvalue weighted by atomic mass is 9.96. The van der Waals surface area contributed by atoms with Crippen molar-refractivity contribution in [1.82, 2.24) is 15.0 Å². The summed E-state index contributed by atoms with van der Waals surface area (Å²) in [6, 6.07) is 6.70. The molecule has 0 fully saturated rings. The van der Waals surface area contributed by atoms with Crippen molar-refractivity contribution < 1.29 is 4.39 Å². The van der Waals surface area contributed by atoms with E-state index in [1.54, 1.807) is 23.9 Å². The third-order valence-corrected chi connectivity index (χ3v) is 3.01. The Morgan fingerprint density at radius 1 is 1.41 bits per heavy atom. The molecule has 1 aromatic carbocycles. The summed E-state index contributed by atoms with van der Waals surface area (Å²) < 4.78 is 15.3. The maximum atomic E-state index is 13.6. The molecule has 0 bridgehead atoms. The van der Waals surface area contributed by atoms with Crippen molar-refractivity contribution >= 4 is 11.6 Å². The lowest BCUT2D eigenvalue weighted by Crippen LogP contribution is -2.07. The Bertz CT molecular complexity index is 498. The first-order valence-electron chi connectivity index (χ1n) is 5.36. The van der Waals surface area contributed by atoms with E-state index in [2.05, 4.69) is 10.3 Å². The second-order valence-electron chi connectivity index (χ2n) is 3.96. The Morgan fingerprint density at radius 2 is 2.18 bits per heavy atom. The van der Waals surface area contributed by atoms with Crippen molar-refractivity contribution in [2.75, 3.05) is 5.88 Å². The number of hydrogen-bond acceptors (Lipinski definition) is 2. The highest BCUT2D eigenvalue weighted by Crippen LogP contribution is 2.23. The van der Waals surface area contributed by atoms with Crippen LogP contribution in [0.3, 0.4) is 0 Å². The molecule has 1 atom stereocenters. The Kier molecular flexibility index (Phi) is 3.74. The molecule has 0 aliphatic rings. The van der Waals surface area contributed by atoms with Crippen LogP contribution in [0.4, 0.5) is 4.39 Å². The van der Waals surface area contributed by atoms with Crippen molar-refractivity contribution in [2.45, 2.75) is 12.3 Å². The average molecular weight is 254 g/mol. The van der Waals surface area contributed by atoms with Crippen LogP contribution in [0.1, 0.15) is 17.2 Å². The molecule has 0 saturated carbocycles. The Labute approximate surface area is 104 Å². The minimum absolute atomic E-state index is 0.0745. The van der Waals surface area contributed by atoms with Gasteiger partial charge in [-0.05, 0) is 11.6 Å². The van der Waals surface area contributed by atoms with Gasteiger partial charge in [-0.3, -0.25) is 4.68 Å². The standard InChI is InChI=1S/C12H13ClFN3/c1-17-8-10(15-16-17)6-9(7-13)11-4-2-3-5-12(11)14/h2-5,8-9H,6-7H2,1H3.